The molecular formula is C8H11NO5S2. The van der Waals surface area contributed by atoms with Crippen LogP contribution >= 0.6 is 0 Å². The van der Waals surface area contributed by atoms with Crippen LogP contribution in [0, 0.1) is 0 Å². The minimum atomic E-state index is -4.10. The topological polar surface area (TPSA) is 104 Å². The second-order valence-electron chi connectivity index (χ2n) is 3.02. The average Bonchev–Trinajstić information content (AvgIpc) is 2.17. The van der Waals surface area contributed by atoms with Gasteiger partial charge >= 0.3 is 0 Å². The van der Waals surface area contributed by atoms with E-state index in [0.717, 1.165) is 6.92 Å². The first kappa shape index (κ1) is 13.1. The molecule has 0 heterocycles. The van der Waals surface area contributed by atoms with E-state index in [0.29, 0.717) is 0 Å². The van der Waals surface area contributed by atoms with E-state index < -0.39 is 25.6 Å². The number of benzene rings is 1. The van der Waals surface area contributed by atoms with Crippen molar-refractivity contribution in [2.45, 2.75) is 17.3 Å². The number of rotatable bonds is 4. The summed E-state index contributed by atoms with van der Waals surface area (Å²) in [6, 6.07) is 7.22. The molecule has 2 N–H and O–H groups in total. The molecule has 1 unspecified atom stereocenters. The zero-order chi connectivity index (χ0) is 12.4. The van der Waals surface area contributed by atoms with E-state index in [9.17, 15) is 16.8 Å². The highest BCUT2D eigenvalue weighted by atomic mass is 32.2. The van der Waals surface area contributed by atoms with Crippen molar-refractivity contribution in [1.29, 1.82) is 0 Å². The van der Waals surface area contributed by atoms with Gasteiger partial charge in [0.2, 0.25) is 10.0 Å². The van der Waals surface area contributed by atoms with Gasteiger partial charge in [-0.3, -0.25) is 0 Å². The fourth-order valence-corrected chi connectivity index (χ4v) is 2.58. The van der Waals surface area contributed by atoms with Gasteiger partial charge in [-0.1, -0.05) is 18.2 Å². The Morgan fingerprint density at radius 2 is 1.62 bits per heavy atom. The van der Waals surface area contributed by atoms with E-state index in [1.807, 2.05) is 0 Å². The average molecular weight is 265 g/mol. The van der Waals surface area contributed by atoms with Crippen molar-refractivity contribution in [2.24, 2.45) is 5.14 Å². The Labute approximate surface area is 94.2 Å². The Kier molecular flexibility index (Phi) is 3.68. The van der Waals surface area contributed by atoms with Gasteiger partial charge in [0.15, 0.2) is 5.44 Å². The molecule has 90 valence electrons. The van der Waals surface area contributed by atoms with Crippen LogP contribution in [-0.2, 0) is 24.3 Å². The highest BCUT2D eigenvalue weighted by Crippen LogP contribution is 2.14. The first-order valence-corrected chi connectivity index (χ1v) is 7.25. The molecule has 1 aromatic carbocycles. The van der Waals surface area contributed by atoms with Crippen LogP contribution in [0.5, 0.6) is 0 Å². The van der Waals surface area contributed by atoms with Gasteiger partial charge in [0, 0.05) is 0 Å². The molecule has 0 aromatic heterocycles. The third kappa shape index (κ3) is 3.27. The summed E-state index contributed by atoms with van der Waals surface area (Å²) in [5.41, 5.74) is -1.61. The van der Waals surface area contributed by atoms with Crippen molar-refractivity contribution in [3.8, 4) is 0 Å². The summed E-state index contributed by atoms with van der Waals surface area (Å²) in [7, 11) is -8.15. The van der Waals surface area contributed by atoms with Crippen molar-refractivity contribution < 1.29 is 21.0 Å². The van der Waals surface area contributed by atoms with E-state index in [1.165, 1.54) is 24.3 Å². The molecule has 0 saturated carbocycles. The quantitative estimate of drug-likeness (QED) is 0.773. The summed E-state index contributed by atoms with van der Waals surface area (Å²) in [4.78, 5) is -0.120. The maximum atomic E-state index is 11.5. The summed E-state index contributed by atoms with van der Waals surface area (Å²) in [5.74, 6) is 0. The number of hydrogen-bond donors (Lipinski definition) is 1. The van der Waals surface area contributed by atoms with Gasteiger partial charge in [-0.25, -0.2) is 17.7 Å². The summed E-state index contributed by atoms with van der Waals surface area (Å²) in [6.07, 6.45) is 0. The maximum absolute atomic E-state index is 11.5. The highest BCUT2D eigenvalue weighted by molar-refractivity contribution is 7.91. The second-order valence-corrected chi connectivity index (χ2v) is 6.43. The van der Waals surface area contributed by atoms with Crippen LogP contribution in [0.25, 0.3) is 0 Å². The third-order valence-electron chi connectivity index (χ3n) is 1.76. The van der Waals surface area contributed by atoms with Crippen LogP contribution in [0.15, 0.2) is 35.2 Å². The molecule has 8 heteroatoms. The zero-order valence-corrected chi connectivity index (χ0v) is 10.0. The Morgan fingerprint density at radius 3 is 2.06 bits per heavy atom. The smallest absolute Gasteiger partial charge is 0.245 e. The molecule has 0 spiro atoms. The third-order valence-corrected chi connectivity index (χ3v) is 4.29. The molecule has 0 aliphatic heterocycles. The zero-order valence-electron chi connectivity index (χ0n) is 8.40. The Morgan fingerprint density at radius 1 is 1.12 bits per heavy atom. The van der Waals surface area contributed by atoms with Gasteiger partial charge in [-0.2, -0.15) is 8.42 Å². The summed E-state index contributed by atoms with van der Waals surface area (Å²) < 4.78 is 49.2. The predicted molar refractivity (Wildman–Crippen MR) is 57.3 cm³/mol. The molecule has 0 amide bonds. The van der Waals surface area contributed by atoms with Gasteiger partial charge < -0.3 is 0 Å². The van der Waals surface area contributed by atoms with Gasteiger partial charge in [-0.05, 0) is 19.1 Å². The molecule has 0 radical (unpaired) electrons. The molecular weight excluding hydrogens is 254 g/mol. The van der Waals surface area contributed by atoms with E-state index in [4.69, 9.17) is 5.14 Å². The molecule has 1 rings (SSSR count). The van der Waals surface area contributed by atoms with E-state index in [1.54, 1.807) is 6.07 Å². The molecule has 0 saturated heterocycles. The Hall–Kier alpha value is -0.960. The van der Waals surface area contributed by atoms with Gasteiger partial charge in [0.1, 0.15) is 0 Å². The summed E-state index contributed by atoms with van der Waals surface area (Å²) in [6.45, 7) is 1.05. The monoisotopic (exact) mass is 265 g/mol. The minimum Gasteiger partial charge on any atom is -0.245 e. The number of hydrogen-bond acceptors (Lipinski definition) is 5. The summed E-state index contributed by atoms with van der Waals surface area (Å²) >= 11 is 0. The van der Waals surface area contributed by atoms with Crippen LogP contribution in [0.3, 0.4) is 0 Å². The largest absolute Gasteiger partial charge is 0.298 e. The molecule has 0 aliphatic rings. The van der Waals surface area contributed by atoms with Gasteiger partial charge in [-0.15, -0.1) is 0 Å². The molecule has 6 nitrogen and oxygen atoms in total. The number of primary sulfonamides is 1. The second kappa shape index (κ2) is 4.50. The van der Waals surface area contributed by atoms with E-state index >= 15 is 0 Å². The standard InChI is InChI=1S/C8H11NO5S2/c1-7(15(9,10)11)14-16(12,13)8-5-3-2-4-6-8/h2-7H,1H3,(H2,9,10,11). The van der Waals surface area contributed by atoms with Gasteiger partial charge in [0.25, 0.3) is 10.1 Å². The van der Waals surface area contributed by atoms with Crippen molar-refractivity contribution in [3.63, 3.8) is 0 Å². The maximum Gasteiger partial charge on any atom is 0.298 e. The number of nitrogens with two attached hydrogens (primary N) is 1. The minimum absolute atomic E-state index is 0.120. The normalized spacial score (nSPS) is 14.6. The molecule has 16 heavy (non-hydrogen) atoms. The molecule has 1 aromatic rings. The van der Waals surface area contributed by atoms with Crippen molar-refractivity contribution >= 4 is 20.1 Å². The molecule has 0 bridgehead atoms. The number of sulfonamides is 1. The van der Waals surface area contributed by atoms with Crippen LogP contribution < -0.4 is 5.14 Å². The van der Waals surface area contributed by atoms with Crippen LogP contribution in [0.4, 0.5) is 0 Å². The Bertz CT molecular complexity index is 549. The van der Waals surface area contributed by atoms with Crippen molar-refractivity contribution in [3.05, 3.63) is 30.3 Å². The van der Waals surface area contributed by atoms with Crippen LogP contribution in [-0.4, -0.2) is 22.3 Å². The highest BCUT2D eigenvalue weighted by Gasteiger charge is 2.25. The Balaban J connectivity index is 2.99. The lowest BCUT2D eigenvalue weighted by Crippen LogP contribution is -2.30. The van der Waals surface area contributed by atoms with Crippen LogP contribution in [0.1, 0.15) is 6.92 Å². The fraction of sp³-hybridized carbons (Fsp3) is 0.250. The van der Waals surface area contributed by atoms with E-state index in [2.05, 4.69) is 4.18 Å². The fourth-order valence-electron chi connectivity index (χ4n) is 0.876. The lowest BCUT2D eigenvalue weighted by atomic mass is 10.4. The SMILES string of the molecule is CC(OS(=O)(=O)c1ccccc1)S(N)(=O)=O. The van der Waals surface area contributed by atoms with Crippen LogP contribution in [0.2, 0.25) is 0 Å². The predicted octanol–water partition coefficient (Wildman–Crippen LogP) is 0.0264. The van der Waals surface area contributed by atoms with E-state index in [-0.39, 0.29) is 4.90 Å². The molecule has 1 atom stereocenters. The summed E-state index contributed by atoms with van der Waals surface area (Å²) in [5, 5.41) is 4.75. The molecule has 0 fully saturated rings. The first-order valence-electron chi connectivity index (χ1n) is 4.23. The molecule has 0 aliphatic carbocycles. The van der Waals surface area contributed by atoms with Gasteiger partial charge in [0.05, 0.1) is 4.90 Å². The lowest BCUT2D eigenvalue weighted by Gasteiger charge is -2.10. The van der Waals surface area contributed by atoms with Crippen molar-refractivity contribution in [1.82, 2.24) is 0 Å². The lowest BCUT2D eigenvalue weighted by molar-refractivity contribution is 0.295. The van der Waals surface area contributed by atoms with Crippen molar-refractivity contribution in [2.75, 3.05) is 0 Å². The first-order chi connectivity index (χ1) is 7.23.